The first kappa shape index (κ1) is 13.7. The zero-order chi connectivity index (χ0) is 13.7. The van der Waals surface area contributed by atoms with E-state index in [4.69, 9.17) is 0 Å². The maximum atomic E-state index is 10.6. The van der Waals surface area contributed by atoms with Crippen LogP contribution in [0.3, 0.4) is 0 Å². The lowest BCUT2D eigenvalue weighted by atomic mass is 9.99. The van der Waals surface area contributed by atoms with Crippen LogP contribution in [0.25, 0.3) is 0 Å². The van der Waals surface area contributed by atoms with Gasteiger partial charge in [-0.15, -0.1) is 0 Å². The van der Waals surface area contributed by atoms with E-state index >= 15 is 0 Å². The average Bonchev–Trinajstić information content (AvgIpc) is 2.46. The molecule has 0 spiro atoms. The van der Waals surface area contributed by atoms with Crippen molar-refractivity contribution in [2.45, 2.75) is 19.8 Å². The van der Waals surface area contributed by atoms with E-state index in [1.54, 1.807) is 12.3 Å². The molecule has 1 atom stereocenters. The highest BCUT2D eigenvalue weighted by Crippen LogP contribution is 2.19. The number of hydrogen-bond donors (Lipinski definition) is 1. The van der Waals surface area contributed by atoms with Gasteiger partial charge in [-0.1, -0.05) is 0 Å². The van der Waals surface area contributed by atoms with Gasteiger partial charge >= 0.3 is 5.82 Å². The molecule has 104 valence electrons. The number of hydrogen-bond acceptors (Lipinski definition) is 5. The van der Waals surface area contributed by atoms with Gasteiger partial charge in [0.15, 0.2) is 6.20 Å². The quantitative estimate of drug-likeness (QED) is 0.648. The predicted molar refractivity (Wildman–Crippen MR) is 74.4 cm³/mol. The molecule has 6 nitrogen and oxygen atoms in total. The van der Waals surface area contributed by atoms with Gasteiger partial charge < -0.3 is 20.3 Å². The summed E-state index contributed by atoms with van der Waals surface area (Å²) in [6.45, 7) is 6.12. The molecule has 6 heteroatoms. The van der Waals surface area contributed by atoms with E-state index in [0.29, 0.717) is 5.92 Å². The fourth-order valence-corrected chi connectivity index (χ4v) is 2.48. The molecule has 0 aliphatic carbocycles. The Labute approximate surface area is 113 Å². The topological polar surface area (TPSA) is 71.3 Å². The van der Waals surface area contributed by atoms with E-state index in [1.807, 2.05) is 0 Å². The van der Waals surface area contributed by atoms with Crippen molar-refractivity contribution in [3.8, 4) is 0 Å². The zero-order valence-electron chi connectivity index (χ0n) is 11.2. The number of anilines is 1. The third kappa shape index (κ3) is 3.64. The molecule has 1 aromatic heterocycles. The van der Waals surface area contributed by atoms with Crippen LogP contribution >= 0.6 is 0 Å². The van der Waals surface area contributed by atoms with Gasteiger partial charge in [0.05, 0.1) is 5.69 Å². The van der Waals surface area contributed by atoms with Crippen LogP contribution in [0.15, 0.2) is 18.3 Å². The van der Waals surface area contributed by atoms with Gasteiger partial charge in [-0.05, 0) is 54.7 Å². The zero-order valence-corrected chi connectivity index (χ0v) is 11.2. The molecule has 1 unspecified atom stereocenters. The summed E-state index contributed by atoms with van der Waals surface area (Å²) in [5.41, 5.74) is 0.957. The smallest absolute Gasteiger partial charge is 0.363 e. The summed E-state index contributed by atoms with van der Waals surface area (Å²) in [6.07, 6.45) is 4.06. The van der Waals surface area contributed by atoms with Crippen molar-refractivity contribution in [3.63, 3.8) is 0 Å². The molecule has 0 saturated carbocycles. The minimum Gasteiger partial charge on any atom is -0.368 e. The molecule has 19 heavy (non-hydrogen) atoms. The van der Waals surface area contributed by atoms with Crippen LogP contribution in [-0.4, -0.2) is 36.1 Å². The van der Waals surface area contributed by atoms with Crippen LogP contribution in [-0.2, 0) is 0 Å². The number of nitrogens with one attached hydrogen (secondary N) is 1. The van der Waals surface area contributed by atoms with Gasteiger partial charge in [0.25, 0.3) is 0 Å². The Kier molecular flexibility index (Phi) is 4.68. The average molecular weight is 264 g/mol. The number of piperidine rings is 1. The molecule has 0 aromatic carbocycles. The third-order valence-electron chi connectivity index (χ3n) is 3.54. The summed E-state index contributed by atoms with van der Waals surface area (Å²) in [5, 5.41) is 14.0. The molecule has 0 bridgehead atoms. The van der Waals surface area contributed by atoms with Crippen molar-refractivity contribution in [2.24, 2.45) is 5.92 Å². The molecular formula is C13H20N4O2. The first-order chi connectivity index (χ1) is 9.20. The summed E-state index contributed by atoms with van der Waals surface area (Å²) in [4.78, 5) is 16.2. The fraction of sp³-hybridized carbons (Fsp3) is 0.615. The first-order valence-electron chi connectivity index (χ1n) is 6.76. The largest absolute Gasteiger partial charge is 0.368 e. The van der Waals surface area contributed by atoms with Crippen molar-refractivity contribution >= 4 is 11.5 Å². The molecule has 1 aromatic rings. The Bertz CT molecular complexity index is 415. The molecule has 0 amide bonds. The van der Waals surface area contributed by atoms with Gasteiger partial charge in [0, 0.05) is 19.2 Å². The highest BCUT2D eigenvalue weighted by molar-refractivity contribution is 5.46. The van der Waals surface area contributed by atoms with Gasteiger partial charge in [0.1, 0.15) is 0 Å². The Hall–Kier alpha value is -1.69. The molecule has 1 fully saturated rings. The van der Waals surface area contributed by atoms with E-state index in [1.165, 1.54) is 18.9 Å². The van der Waals surface area contributed by atoms with Gasteiger partial charge in [-0.2, -0.15) is 0 Å². The van der Waals surface area contributed by atoms with Crippen LogP contribution < -0.4 is 10.2 Å². The monoisotopic (exact) mass is 264 g/mol. The maximum Gasteiger partial charge on any atom is 0.363 e. The lowest BCUT2D eigenvalue weighted by molar-refractivity contribution is -0.389. The van der Waals surface area contributed by atoms with E-state index in [9.17, 15) is 10.1 Å². The maximum absolute atomic E-state index is 10.6. The highest BCUT2D eigenvalue weighted by Gasteiger charge is 2.18. The summed E-state index contributed by atoms with van der Waals surface area (Å²) in [6, 6.07) is 3.25. The van der Waals surface area contributed by atoms with E-state index in [2.05, 4.69) is 22.1 Å². The van der Waals surface area contributed by atoms with Crippen LogP contribution in [0.5, 0.6) is 0 Å². The second kappa shape index (κ2) is 6.47. The summed E-state index contributed by atoms with van der Waals surface area (Å²) in [5.74, 6) is 0.544. The van der Waals surface area contributed by atoms with Crippen molar-refractivity contribution in [3.05, 3.63) is 28.4 Å². The van der Waals surface area contributed by atoms with Crippen molar-refractivity contribution in [2.75, 3.05) is 31.1 Å². The normalized spacial score (nSPS) is 19.1. The van der Waals surface area contributed by atoms with E-state index in [0.717, 1.165) is 31.9 Å². The lowest BCUT2D eigenvalue weighted by Gasteiger charge is -2.30. The van der Waals surface area contributed by atoms with Gasteiger partial charge in [0.2, 0.25) is 0 Å². The predicted octanol–water partition coefficient (Wildman–Crippen LogP) is 1.82. The van der Waals surface area contributed by atoms with Crippen LogP contribution in [0, 0.1) is 16.0 Å². The number of nitrogens with zero attached hydrogens (tertiary/aromatic N) is 3. The second-order valence-corrected chi connectivity index (χ2v) is 4.88. The van der Waals surface area contributed by atoms with E-state index < -0.39 is 4.92 Å². The molecule has 1 aliphatic rings. The van der Waals surface area contributed by atoms with Crippen LogP contribution in [0.1, 0.15) is 19.8 Å². The molecule has 0 radical (unpaired) electrons. The van der Waals surface area contributed by atoms with Gasteiger partial charge in [-0.25, -0.2) is 0 Å². The molecular weight excluding hydrogens is 244 g/mol. The number of aromatic nitrogens is 1. The Morgan fingerprint density at radius 1 is 1.58 bits per heavy atom. The summed E-state index contributed by atoms with van der Waals surface area (Å²) in [7, 11) is 0. The van der Waals surface area contributed by atoms with Crippen LogP contribution in [0.2, 0.25) is 0 Å². The van der Waals surface area contributed by atoms with Gasteiger partial charge in [-0.3, -0.25) is 0 Å². The lowest BCUT2D eigenvalue weighted by Crippen LogP contribution is -2.38. The second-order valence-electron chi connectivity index (χ2n) is 4.88. The summed E-state index contributed by atoms with van der Waals surface area (Å²) < 4.78 is 0. The Balaban J connectivity index is 2.01. The fourth-order valence-electron chi connectivity index (χ4n) is 2.48. The number of nitro groups is 1. The minimum atomic E-state index is -0.467. The molecule has 2 rings (SSSR count). The van der Waals surface area contributed by atoms with Crippen LogP contribution in [0.4, 0.5) is 11.5 Å². The first-order valence-corrected chi connectivity index (χ1v) is 6.76. The number of pyridine rings is 1. The van der Waals surface area contributed by atoms with Crippen molar-refractivity contribution in [1.29, 1.82) is 0 Å². The number of rotatable bonds is 5. The molecule has 2 heterocycles. The van der Waals surface area contributed by atoms with Crippen molar-refractivity contribution < 1.29 is 4.92 Å². The Morgan fingerprint density at radius 3 is 2.95 bits per heavy atom. The molecule has 1 N–H and O–H groups in total. The standard InChI is InChI=1S/C13H20N4O2/c1-2-16(10-11-4-3-7-14-8-11)12-5-6-13(15-9-12)17(18)19/h5-6,9,11,14H,2-4,7-8,10H2,1H3. The summed E-state index contributed by atoms with van der Waals surface area (Å²) >= 11 is 0. The minimum absolute atomic E-state index is 0.0980. The molecule has 1 aliphatic heterocycles. The Morgan fingerprint density at radius 2 is 2.42 bits per heavy atom. The SMILES string of the molecule is CCN(CC1CCCNC1)c1ccc([N+](=O)[O-])nc1. The highest BCUT2D eigenvalue weighted by atomic mass is 16.6. The molecule has 1 saturated heterocycles. The van der Waals surface area contributed by atoms with Crippen molar-refractivity contribution in [1.82, 2.24) is 10.3 Å². The third-order valence-corrected chi connectivity index (χ3v) is 3.54. The van der Waals surface area contributed by atoms with E-state index in [-0.39, 0.29) is 5.82 Å².